The molecule has 0 aromatic heterocycles. The molecule has 118 valence electrons. The van der Waals surface area contributed by atoms with Crippen LogP contribution in [0, 0.1) is 5.92 Å². The van der Waals surface area contributed by atoms with Gasteiger partial charge in [0, 0.05) is 5.56 Å². The third-order valence-corrected chi connectivity index (χ3v) is 4.23. The fraction of sp³-hybridized carbons (Fsp3) is 0.462. The van der Waals surface area contributed by atoms with Crippen LogP contribution in [0.3, 0.4) is 0 Å². The molecule has 2 N–H and O–H groups in total. The van der Waals surface area contributed by atoms with E-state index in [0.29, 0.717) is 0 Å². The lowest BCUT2D eigenvalue weighted by Gasteiger charge is -2.16. The van der Waals surface area contributed by atoms with Crippen LogP contribution in [0.25, 0.3) is 0 Å². The Hall–Kier alpha value is -1.54. The molecule has 1 aromatic carbocycles. The van der Waals surface area contributed by atoms with Crippen LogP contribution in [0.15, 0.2) is 29.2 Å². The van der Waals surface area contributed by atoms with Crippen molar-refractivity contribution >= 4 is 16.0 Å². The molecule has 0 spiro atoms. The number of sulfonamides is 1. The van der Waals surface area contributed by atoms with Gasteiger partial charge in [0.15, 0.2) is 0 Å². The monoisotopic (exact) mass is 321 g/mol. The number of nitrogens with one attached hydrogen (secondary N) is 1. The van der Waals surface area contributed by atoms with Crippen LogP contribution in [0.1, 0.15) is 32.3 Å². The van der Waals surface area contributed by atoms with Gasteiger partial charge >= 0.3 is 5.97 Å². The Morgan fingerprint density at radius 2 is 1.76 bits per heavy atom. The summed E-state index contributed by atoms with van der Waals surface area (Å²) in [5, 5.41) is 9.02. The van der Waals surface area contributed by atoms with Crippen LogP contribution < -0.4 is 4.72 Å². The first-order valence-corrected chi connectivity index (χ1v) is 7.75. The Balaban J connectivity index is 2.96. The zero-order chi connectivity index (χ0) is 16.2. The second-order valence-electron chi connectivity index (χ2n) is 5.01. The Labute approximate surface area is 122 Å². The fourth-order valence-corrected chi connectivity index (χ4v) is 2.92. The standard InChI is InChI=1S/C13H17F2NO4S/c1-8(2)7-11(13(17)18)16-21(19,20)10-5-3-9(4-6-10)12(14)15/h3-6,8,11-12,16H,7H2,1-2H3,(H,17,18)/t11-/m0/s1. The van der Waals surface area contributed by atoms with E-state index in [-0.39, 0.29) is 22.8 Å². The molecule has 0 saturated carbocycles. The minimum atomic E-state index is -4.07. The van der Waals surface area contributed by atoms with Crippen LogP contribution in [-0.2, 0) is 14.8 Å². The van der Waals surface area contributed by atoms with E-state index in [0.717, 1.165) is 24.3 Å². The summed E-state index contributed by atoms with van der Waals surface area (Å²) in [5.74, 6) is -1.30. The number of hydrogen-bond acceptors (Lipinski definition) is 3. The normalized spacial score (nSPS) is 13.6. The first-order valence-electron chi connectivity index (χ1n) is 6.26. The second-order valence-corrected chi connectivity index (χ2v) is 6.73. The molecule has 0 fully saturated rings. The first-order chi connectivity index (χ1) is 9.63. The number of alkyl halides is 2. The maximum absolute atomic E-state index is 12.4. The lowest BCUT2D eigenvalue weighted by atomic mass is 10.1. The quantitative estimate of drug-likeness (QED) is 0.808. The molecule has 1 atom stereocenters. The summed E-state index contributed by atoms with van der Waals surface area (Å²) in [6.07, 6.45) is -2.56. The summed E-state index contributed by atoms with van der Waals surface area (Å²) in [4.78, 5) is 10.8. The molecule has 0 unspecified atom stereocenters. The maximum atomic E-state index is 12.4. The Morgan fingerprint density at radius 3 is 2.14 bits per heavy atom. The summed E-state index contributed by atoms with van der Waals surface area (Å²) in [5.41, 5.74) is -0.300. The number of carbonyl (C=O) groups is 1. The fourth-order valence-electron chi connectivity index (χ4n) is 1.72. The van der Waals surface area contributed by atoms with Crippen molar-refractivity contribution in [3.8, 4) is 0 Å². The van der Waals surface area contributed by atoms with Gasteiger partial charge < -0.3 is 5.11 Å². The van der Waals surface area contributed by atoms with E-state index in [9.17, 15) is 22.0 Å². The van der Waals surface area contributed by atoms with Gasteiger partial charge in [0.25, 0.3) is 6.43 Å². The van der Waals surface area contributed by atoms with E-state index in [1.165, 1.54) is 0 Å². The molecule has 0 bridgehead atoms. The third kappa shape index (κ3) is 5.05. The Bertz CT molecular complexity index is 585. The van der Waals surface area contributed by atoms with Crippen molar-refractivity contribution in [2.45, 2.75) is 37.6 Å². The average molecular weight is 321 g/mol. The molecular formula is C13H17F2NO4S. The minimum absolute atomic E-state index is 0.0185. The Morgan fingerprint density at radius 1 is 1.24 bits per heavy atom. The smallest absolute Gasteiger partial charge is 0.321 e. The van der Waals surface area contributed by atoms with Crippen LogP contribution in [0.2, 0.25) is 0 Å². The van der Waals surface area contributed by atoms with Gasteiger partial charge in [-0.2, -0.15) is 4.72 Å². The third-order valence-electron chi connectivity index (χ3n) is 2.74. The molecule has 8 heteroatoms. The lowest BCUT2D eigenvalue weighted by Crippen LogP contribution is -2.41. The van der Waals surface area contributed by atoms with Gasteiger partial charge in [-0.1, -0.05) is 26.0 Å². The van der Waals surface area contributed by atoms with Gasteiger partial charge in [-0.15, -0.1) is 0 Å². The number of aliphatic carboxylic acids is 1. The van der Waals surface area contributed by atoms with Crippen molar-refractivity contribution in [3.63, 3.8) is 0 Å². The maximum Gasteiger partial charge on any atom is 0.321 e. The molecule has 0 aliphatic heterocycles. The van der Waals surface area contributed by atoms with Gasteiger partial charge in [-0.25, -0.2) is 17.2 Å². The molecule has 0 amide bonds. The first kappa shape index (κ1) is 17.5. The second kappa shape index (κ2) is 6.95. The summed E-state index contributed by atoms with van der Waals surface area (Å²) < 4.78 is 51.0. The van der Waals surface area contributed by atoms with Crippen LogP contribution >= 0.6 is 0 Å². The van der Waals surface area contributed by atoms with Gasteiger partial charge in [0.1, 0.15) is 6.04 Å². The lowest BCUT2D eigenvalue weighted by molar-refractivity contribution is -0.139. The predicted molar refractivity (Wildman–Crippen MR) is 72.6 cm³/mol. The highest BCUT2D eigenvalue weighted by Gasteiger charge is 2.26. The van der Waals surface area contributed by atoms with Crippen molar-refractivity contribution in [1.29, 1.82) is 0 Å². The van der Waals surface area contributed by atoms with E-state index < -0.39 is 28.5 Å². The van der Waals surface area contributed by atoms with Crippen LogP contribution in [-0.4, -0.2) is 25.5 Å². The topological polar surface area (TPSA) is 83.5 Å². The van der Waals surface area contributed by atoms with Gasteiger partial charge in [0.05, 0.1) is 4.90 Å². The van der Waals surface area contributed by atoms with Crippen molar-refractivity contribution < 1.29 is 27.1 Å². The highest BCUT2D eigenvalue weighted by Crippen LogP contribution is 2.20. The highest BCUT2D eigenvalue weighted by atomic mass is 32.2. The zero-order valence-electron chi connectivity index (χ0n) is 11.6. The van der Waals surface area contributed by atoms with Gasteiger partial charge in [-0.05, 0) is 24.5 Å². The molecule has 5 nitrogen and oxygen atoms in total. The van der Waals surface area contributed by atoms with E-state index in [2.05, 4.69) is 4.72 Å². The molecule has 0 radical (unpaired) electrons. The van der Waals surface area contributed by atoms with Crippen LogP contribution in [0.4, 0.5) is 8.78 Å². The minimum Gasteiger partial charge on any atom is -0.480 e. The molecular weight excluding hydrogens is 304 g/mol. The molecule has 0 aliphatic rings. The molecule has 0 saturated heterocycles. The van der Waals surface area contributed by atoms with Crippen molar-refractivity contribution in [2.24, 2.45) is 5.92 Å². The van der Waals surface area contributed by atoms with Gasteiger partial charge in [-0.3, -0.25) is 4.79 Å². The van der Waals surface area contributed by atoms with Crippen molar-refractivity contribution in [2.75, 3.05) is 0 Å². The number of hydrogen-bond donors (Lipinski definition) is 2. The van der Waals surface area contributed by atoms with E-state index in [1.807, 2.05) is 0 Å². The van der Waals surface area contributed by atoms with Crippen molar-refractivity contribution in [1.82, 2.24) is 4.72 Å². The molecule has 0 aliphatic carbocycles. The summed E-state index contributed by atoms with van der Waals surface area (Å²) in [6, 6.07) is 2.79. The number of halogens is 2. The van der Waals surface area contributed by atoms with Gasteiger partial charge in [0.2, 0.25) is 10.0 Å². The summed E-state index contributed by atoms with van der Waals surface area (Å²) in [7, 11) is -4.07. The van der Waals surface area contributed by atoms with Crippen LogP contribution in [0.5, 0.6) is 0 Å². The Kier molecular flexibility index (Phi) is 5.79. The SMILES string of the molecule is CC(C)C[C@H](NS(=O)(=O)c1ccc(C(F)F)cc1)C(=O)O. The molecule has 21 heavy (non-hydrogen) atoms. The molecule has 1 rings (SSSR count). The molecule has 1 aromatic rings. The molecule has 0 heterocycles. The van der Waals surface area contributed by atoms with Crippen molar-refractivity contribution in [3.05, 3.63) is 29.8 Å². The number of rotatable bonds is 7. The predicted octanol–water partition coefficient (Wildman–Crippen LogP) is 2.40. The zero-order valence-corrected chi connectivity index (χ0v) is 12.4. The summed E-state index contributed by atoms with van der Waals surface area (Å²) >= 11 is 0. The average Bonchev–Trinajstić information content (AvgIpc) is 2.37. The van der Waals surface area contributed by atoms with E-state index in [4.69, 9.17) is 5.11 Å². The van der Waals surface area contributed by atoms with E-state index >= 15 is 0 Å². The number of benzene rings is 1. The highest BCUT2D eigenvalue weighted by molar-refractivity contribution is 7.89. The number of carboxylic acid groups (broad SMARTS) is 1. The van der Waals surface area contributed by atoms with E-state index in [1.54, 1.807) is 13.8 Å². The summed E-state index contributed by atoms with van der Waals surface area (Å²) in [6.45, 7) is 3.53. The number of carboxylic acids is 1. The largest absolute Gasteiger partial charge is 0.480 e.